The molecular formula is C12H17N3O2. The first-order valence-electron chi connectivity index (χ1n) is 5.46. The SMILES string of the molecule is Cc1ncccc1CCNC(=O)CN(C)C=O. The molecule has 1 aromatic heterocycles. The number of amides is 2. The van der Waals surface area contributed by atoms with Gasteiger partial charge < -0.3 is 10.2 Å². The van der Waals surface area contributed by atoms with Crippen LogP contribution in [0.1, 0.15) is 11.3 Å². The van der Waals surface area contributed by atoms with Gasteiger partial charge in [0.05, 0.1) is 6.54 Å². The van der Waals surface area contributed by atoms with E-state index in [1.165, 1.54) is 4.90 Å². The number of hydrogen-bond acceptors (Lipinski definition) is 3. The summed E-state index contributed by atoms with van der Waals surface area (Å²) in [5.74, 6) is -0.152. The van der Waals surface area contributed by atoms with E-state index < -0.39 is 0 Å². The number of hydrogen-bond donors (Lipinski definition) is 1. The van der Waals surface area contributed by atoms with E-state index in [-0.39, 0.29) is 12.5 Å². The van der Waals surface area contributed by atoms with Crippen LogP contribution in [0.4, 0.5) is 0 Å². The molecular weight excluding hydrogens is 218 g/mol. The Labute approximate surface area is 101 Å². The van der Waals surface area contributed by atoms with Gasteiger partial charge in [0.15, 0.2) is 0 Å². The maximum Gasteiger partial charge on any atom is 0.239 e. The standard InChI is InChI=1S/C12H17N3O2/c1-10-11(4-3-6-13-10)5-7-14-12(17)8-15(2)9-16/h3-4,6,9H,5,7-8H2,1-2H3,(H,14,17). The first-order valence-corrected chi connectivity index (χ1v) is 5.46. The number of nitrogens with zero attached hydrogens (tertiary/aromatic N) is 2. The molecule has 1 N–H and O–H groups in total. The molecule has 2 amide bonds. The Kier molecular flexibility index (Phi) is 5.13. The van der Waals surface area contributed by atoms with E-state index in [4.69, 9.17) is 0 Å². The molecule has 1 rings (SSSR count). The minimum Gasteiger partial charge on any atom is -0.354 e. The molecule has 0 saturated carbocycles. The zero-order valence-corrected chi connectivity index (χ0v) is 10.1. The van der Waals surface area contributed by atoms with Crippen molar-refractivity contribution in [2.75, 3.05) is 20.1 Å². The predicted octanol–water partition coefficient (Wildman–Crippen LogP) is 0.137. The highest BCUT2D eigenvalue weighted by atomic mass is 16.2. The summed E-state index contributed by atoms with van der Waals surface area (Å²) in [5, 5.41) is 2.76. The van der Waals surface area contributed by atoms with E-state index in [0.717, 1.165) is 17.7 Å². The minimum atomic E-state index is -0.152. The number of pyridine rings is 1. The van der Waals surface area contributed by atoms with E-state index in [2.05, 4.69) is 10.3 Å². The van der Waals surface area contributed by atoms with Crippen LogP contribution in [-0.4, -0.2) is 42.3 Å². The van der Waals surface area contributed by atoms with Crippen LogP contribution in [0.5, 0.6) is 0 Å². The molecule has 5 nitrogen and oxygen atoms in total. The Morgan fingerprint density at radius 2 is 2.35 bits per heavy atom. The van der Waals surface area contributed by atoms with Gasteiger partial charge in [-0.25, -0.2) is 0 Å². The van der Waals surface area contributed by atoms with Crippen molar-refractivity contribution < 1.29 is 9.59 Å². The van der Waals surface area contributed by atoms with E-state index in [1.54, 1.807) is 13.2 Å². The van der Waals surface area contributed by atoms with Crippen LogP contribution in [0, 0.1) is 6.92 Å². The zero-order chi connectivity index (χ0) is 12.7. The van der Waals surface area contributed by atoms with Crippen LogP contribution in [0.2, 0.25) is 0 Å². The van der Waals surface area contributed by atoms with Gasteiger partial charge in [-0.2, -0.15) is 0 Å². The topological polar surface area (TPSA) is 62.3 Å². The third-order valence-corrected chi connectivity index (χ3v) is 2.41. The van der Waals surface area contributed by atoms with Gasteiger partial charge in [-0.15, -0.1) is 0 Å². The van der Waals surface area contributed by atoms with Crippen LogP contribution in [0.15, 0.2) is 18.3 Å². The first-order chi connectivity index (χ1) is 8.13. The van der Waals surface area contributed by atoms with Gasteiger partial charge >= 0.3 is 0 Å². The molecule has 92 valence electrons. The van der Waals surface area contributed by atoms with Gasteiger partial charge in [0.2, 0.25) is 12.3 Å². The maximum absolute atomic E-state index is 11.4. The van der Waals surface area contributed by atoms with Crippen LogP contribution in [0.3, 0.4) is 0 Å². The van der Waals surface area contributed by atoms with Crippen molar-refractivity contribution in [2.45, 2.75) is 13.3 Å². The number of rotatable bonds is 6. The summed E-state index contributed by atoms with van der Waals surface area (Å²) < 4.78 is 0. The lowest BCUT2D eigenvalue weighted by Gasteiger charge is -2.11. The molecule has 0 unspecified atom stereocenters. The molecule has 0 aliphatic carbocycles. The molecule has 0 bridgehead atoms. The molecule has 0 radical (unpaired) electrons. The molecule has 17 heavy (non-hydrogen) atoms. The molecule has 0 aliphatic heterocycles. The third-order valence-electron chi connectivity index (χ3n) is 2.41. The first kappa shape index (κ1) is 13.2. The van der Waals surface area contributed by atoms with Gasteiger partial charge in [0.1, 0.15) is 0 Å². The van der Waals surface area contributed by atoms with E-state index >= 15 is 0 Å². The van der Waals surface area contributed by atoms with Crippen molar-refractivity contribution in [3.05, 3.63) is 29.6 Å². The van der Waals surface area contributed by atoms with Gasteiger partial charge in [-0.05, 0) is 25.0 Å². The second kappa shape index (κ2) is 6.62. The molecule has 5 heteroatoms. The molecule has 0 aliphatic rings. The highest BCUT2D eigenvalue weighted by Crippen LogP contribution is 2.03. The Bertz CT molecular complexity index is 393. The summed E-state index contributed by atoms with van der Waals surface area (Å²) in [6.07, 6.45) is 3.12. The fourth-order valence-electron chi connectivity index (χ4n) is 1.44. The summed E-state index contributed by atoms with van der Waals surface area (Å²) in [5.41, 5.74) is 2.10. The average Bonchev–Trinajstić information content (AvgIpc) is 2.31. The van der Waals surface area contributed by atoms with Crippen molar-refractivity contribution in [2.24, 2.45) is 0 Å². The largest absolute Gasteiger partial charge is 0.354 e. The smallest absolute Gasteiger partial charge is 0.239 e. The Morgan fingerprint density at radius 1 is 1.59 bits per heavy atom. The van der Waals surface area contributed by atoms with E-state index in [1.807, 2.05) is 19.1 Å². The van der Waals surface area contributed by atoms with Gasteiger partial charge in [0.25, 0.3) is 0 Å². The van der Waals surface area contributed by atoms with Crippen molar-refractivity contribution in [3.8, 4) is 0 Å². The molecule has 0 fully saturated rings. The van der Waals surface area contributed by atoms with Crippen LogP contribution in [-0.2, 0) is 16.0 Å². The number of aromatic nitrogens is 1. The Hall–Kier alpha value is -1.91. The second-order valence-electron chi connectivity index (χ2n) is 3.87. The molecule has 1 aromatic rings. The monoisotopic (exact) mass is 235 g/mol. The number of carbonyl (C=O) groups is 2. The molecule has 0 atom stereocenters. The summed E-state index contributed by atoms with van der Waals surface area (Å²) >= 11 is 0. The Morgan fingerprint density at radius 3 is 3.00 bits per heavy atom. The molecule has 0 saturated heterocycles. The van der Waals surface area contributed by atoms with Gasteiger partial charge in [-0.1, -0.05) is 6.07 Å². The summed E-state index contributed by atoms with van der Waals surface area (Å²) in [6, 6.07) is 3.87. The molecule has 0 spiro atoms. The summed E-state index contributed by atoms with van der Waals surface area (Å²) in [7, 11) is 1.57. The highest BCUT2D eigenvalue weighted by Gasteiger charge is 2.04. The minimum absolute atomic E-state index is 0.0928. The van der Waals surface area contributed by atoms with E-state index in [9.17, 15) is 9.59 Å². The average molecular weight is 235 g/mol. The summed E-state index contributed by atoms with van der Waals surface area (Å²) in [6.45, 7) is 2.59. The van der Waals surface area contributed by atoms with Crippen molar-refractivity contribution in [3.63, 3.8) is 0 Å². The maximum atomic E-state index is 11.4. The second-order valence-corrected chi connectivity index (χ2v) is 3.87. The van der Waals surface area contributed by atoms with Crippen LogP contribution < -0.4 is 5.32 Å². The molecule has 0 aromatic carbocycles. The number of aryl methyl sites for hydroxylation is 1. The fraction of sp³-hybridized carbons (Fsp3) is 0.417. The van der Waals surface area contributed by atoms with Crippen molar-refractivity contribution >= 4 is 12.3 Å². The fourth-order valence-corrected chi connectivity index (χ4v) is 1.44. The highest BCUT2D eigenvalue weighted by molar-refractivity contribution is 5.79. The van der Waals surface area contributed by atoms with Crippen LogP contribution in [0.25, 0.3) is 0 Å². The Balaban J connectivity index is 2.31. The molecule has 1 heterocycles. The summed E-state index contributed by atoms with van der Waals surface area (Å²) in [4.78, 5) is 27.1. The van der Waals surface area contributed by atoms with Crippen molar-refractivity contribution in [1.29, 1.82) is 0 Å². The quantitative estimate of drug-likeness (QED) is 0.713. The lowest BCUT2D eigenvalue weighted by atomic mass is 10.1. The number of carbonyl (C=O) groups excluding carboxylic acids is 2. The lowest BCUT2D eigenvalue weighted by Crippen LogP contribution is -2.35. The number of nitrogens with one attached hydrogen (secondary N) is 1. The van der Waals surface area contributed by atoms with Crippen molar-refractivity contribution in [1.82, 2.24) is 15.2 Å². The zero-order valence-electron chi connectivity index (χ0n) is 10.1. The van der Waals surface area contributed by atoms with Gasteiger partial charge in [0, 0.05) is 25.5 Å². The number of likely N-dealkylation sites (N-methyl/N-ethyl adjacent to an activating group) is 1. The van der Waals surface area contributed by atoms with Gasteiger partial charge in [-0.3, -0.25) is 14.6 Å². The van der Waals surface area contributed by atoms with E-state index in [0.29, 0.717) is 13.0 Å². The lowest BCUT2D eigenvalue weighted by molar-refractivity contribution is -0.127. The van der Waals surface area contributed by atoms with Crippen LogP contribution >= 0.6 is 0 Å². The predicted molar refractivity (Wildman–Crippen MR) is 64.4 cm³/mol. The third kappa shape index (κ3) is 4.63. The normalized spacial score (nSPS) is 9.76.